The number of carbonyl (C=O) groups excluding carboxylic acids is 1. The minimum absolute atomic E-state index is 0.00324. The Morgan fingerprint density at radius 3 is 2.76 bits per heavy atom. The third-order valence-corrected chi connectivity index (χ3v) is 2.27. The Morgan fingerprint density at radius 1 is 1.24 bits per heavy atom. The number of benzene rings is 2. The van der Waals surface area contributed by atoms with Crippen LogP contribution in [0.1, 0.15) is 0 Å². The average molecular weight is 228 g/mol. The van der Waals surface area contributed by atoms with Gasteiger partial charge >= 0.3 is 0 Å². The zero-order valence-electron chi connectivity index (χ0n) is 8.84. The van der Waals surface area contributed by atoms with Crippen molar-refractivity contribution in [1.82, 2.24) is 0 Å². The number of anilines is 1. The third-order valence-electron chi connectivity index (χ3n) is 2.27. The van der Waals surface area contributed by atoms with Crippen LogP contribution in [0.3, 0.4) is 0 Å². The Hall–Kier alpha value is -2.49. The van der Waals surface area contributed by atoms with Crippen LogP contribution in [-0.2, 0) is 4.79 Å². The SMILES string of the molecule is O=CNc1cc(O)cc(-c2[c]cccc2O)c1. The van der Waals surface area contributed by atoms with Crippen molar-refractivity contribution in [3.05, 3.63) is 42.5 Å². The largest absolute Gasteiger partial charge is 0.508 e. The lowest BCUT2D eigenvalue weighted by atomic mass is 10.0. The Bertz CT molecular complexity index is 552. The van der Waals surface area contributed by atoms with E-state index in [0.29, 0.717) is 23.2 Å². The molecule has 4 heteroatoms. The summed E-state index contributed by atoms with van der Waals surface area (Å²) in [4.78, 5) is 10.4. The van der Waals surface area contributed by atoms with Gasteiger partial charge in [0.25, 0.3) is 0 Å². The van der Waals surface area contributed by atoms with E-state index in [1.807, 2.05) is 0 Å². The Balaban J connectivity index is 2.52. The van der Waals surface area contributed by atoms with Crippen LogP contribution in [0.4, 0.5) is 5.69 Å². The molecule has 1 amide bonds. The number of carbonyl (C=O) groups is 1. The monoisotopic (exact) mass is 228 g/mol. The maximum absolute atomic E-state index is 10.4. The molecule has 2 aromatic rings. The number of aromatic hydroxyl groups is 2. The smallest absolute Gasteiger partial charge is 0.211 e. The number of hydrogen-bond acceptors (Lipinski definition) is 3. The third kappa shape index (κ3) is 2.36. The van der Waals surface area contributed by atoms with Gasteiger partial charge in [0.2, 0.25) is 6.41 Å². The van der Waals surface area contributed by atoms with Crippen molar-refractivity contribution in [3.8, 4) is 22.6 Å². The first-order valence-electron chi connectivity index (χ1n) is 4.95. The fraction of sp³-hybridized carbons (Fsp3) is 0. The first-order chi connectivity index (χ1) is 8.20. The first-order valence-corrected chi connectivity index (χ1v) is 4.95. The molecular formula is C13H10NO3. The molecule has 0 spiro atoms. The van der Waals surface area contributed by atoms with Crippen molar-refractivity contribution in [2.24, 2.45) is 0 Å². The molecule has 0 heterocycles. The molecule has 3 N–H and O–H groups in total. The van der Waals surface area contributed by atoms with Crippen LogP contribution < -0.4 is 5.32 Å². The molecule has 0 aliphatic carbocycles. The van der Waals surface area contributed by atoms with Crippen LogP contribution in [0.25, 0.3) is 11.1 Å². The molecule has 17 heavy (non-hydrogen) atoms. The zero-order valence-corrected chi connectivity index (χ0v) is 8.84. The highest BCUT2D eigenvalue weighted by Crippen LogP contribution is 2.32. The highest BCUT2D eigenvalue weighted by molar-refractivity contribution is 5.79. The predicted octanol–water partition coefficient (Wildman–Crippen LogP) is 2.13. The van der Waals surface area contributed by atoms with Crippen LogP contribution in [0, 0.1) is 6.07 Å². The van der Waals surface area contributed by atoms with Crippen LogP contribution >= 0.6 is 0 Å². The van der Waals surface area contributed by atoms with E-state index in [0.717, 1.165) is 0 Å². The van der Waals surface area contributed by atoms with Gasteiger partial charge in [0.05, 0.1) is 0 Å². The van der Waals surface area contributed by atoms with Gasteiger partial charge in [-0.3, -0.25) is 4.79 Å². The molecule has 85 valence electrons. The Kier molecular flexibility index (Phi) is 2.96. The van der Waals surface area contributed by atoms with E-state index in [9.17, 15) is 15.0 Å². The van der Waals surface area contributed by atoms with E-state index in [4.69, 9.17) is 0 Å². The second-order valence-corrected chi connectivity index (χ2v) is 3.46. The molecule has 0 atom stereocenters. The number of phenolic OH excluding ortho intramolecular Hbond substituents is 2. The minimum Gasteiger partial charge on any atom is -0.508 e. The van der Waals surface area contributed by atoms with E-state index in [1.54, 1.807) is 18.2 Å². The Labute approximate surface area is 98.2 Å². The molecule has 0 fully saturated rings. The molecular weight excluding hydrogens is 218 g/mol. The number of rotatable bonds is 3. The number of amides is 1. The molecule has 0 saturated heterocycles. The lowest BCUT2D eigenvalue weighted by molar-refractivity contribution is -0.105. The van der Waals surface area contributed by atoms with Crippen molar-refractivity contribution >= 4 is 12.1 Å². The van der Waals surface area contributed by atoms with E-state index >= 15 is 0 Å². The van der Waals surface area contributed by atoms with E-state index in [1.165, 1.54) is 18.2 Å². The standard InChI is InChI=1S/C13H10NO3/c15-8-14-10-5-9(6-11(16)7-10)12-3-1-2-4-13(12)17/h1-2,4-8,16-17H,(H,14,15). The summed E-state index contributed by atoms with van der Waals surface area (Å²) in [6, 6.07) is 12.3. The van der Waals surface area contributed by atoms with Crippen molar-refractivity contribution < 1.29 is 15.0 Å². The van der Waals surface area contributed by atoms with Gasteiger partial charge in [0, 0.05) is 17.3 Å². The van der Waals surface area contributed by atoms with Crippen LogP contribution in [-0.4, -0.2) is 16.6 Å². The lowest BCUT2D eigenvalue weighted by Gasteiger charge is -2.07. The molecule has 0 aromatic heterocycles. The summed E-state index contributed by atoms with van der Waals surface area (Å²) < 4.78 is 0. The number of phenols is 2. The molecule has 0 unspecified atom stereocenters. The quantitative estimate of drug-likeness (QED) is 0.705. The molecule has 2 rings (SSSR count). The summed E-state index contributed by atoms with van der Waals surface area (Å²) in [6.45, 7) is 0. The van der Waals surface area contributed by atoms with Gasteiger partial charge in [0.1, 0.15) is 11.5 Å². The van der Waals surface area contributed by atoms with Crippen LogP contribution in [0.15, 0.2) is 36.4 Å². The van der Waals surface area contributed by atoms with Gasteiger partial charge < -0.3 is 15.5 Å². The van der Waals surface area contributed by atoms with Gasteiger partial charge in [-0.05, 0) is 29.8 Å². The lowest BCUT2D eigenvalue weighted by Crippen LogP contribution is -1.93. The van der Waals surface area contributed by atoms with Gasteiger partial charge in [-0.1, -0.05) is 12.1 Å². The molecule has 0 aliphatic heterocycles. The second-order valence-electron chi connectivity index (χ2n) is 3.46. The molecule has 4 nitrogen and oxygen atoms in total. The molecule has 0 aliphatic rings. The second kappa shape index (κ2) is 4.57. The maximum Gasteiger partial charge on any atom is 0.211 e. The molecule has 0 saturated carbocycles. The summed E-state index contributed by atoms with van der Waals surface area (Å²) in [5.41, 5.74) is 1.50. The maximum atomic E-state index is 10.4. The number of nitrogens with one attached hydrogen (secondary N) is 1. The summed E-state index contributed by atoms with van der Waals surface area (Å²) in [6.07, 6.45) is 0.521. The minimum atomic E-state index is 0.00324. The van der Waals surface area contributed by atoms with Gasteiger partial charge in [-0.2, -0.15) is 0 Å². The fourth-order valence-corrected chi connectivity index (χ4v) is 1.57. The van der Waals surface area contributed by atoms with Gasteiger partial charge in [-0.25, -0.2) is 0 Å². The van der Waals surface area contributed by atoms with Gasteiger partial charge in [-0.15, -0.1) is 0 Å². The number of hydrogen-bond donors (Lipinski definition) is 3. The Morgan fingerprint density at radius 2 is 2.06 bits per heavy atom. The zero-order chi connectivity index (χ0) is 12.3. The molecule has 1 radical (unpaired) electrons. The van der Waals surface area contributed by atoms with Crippen molar-refractivity contribution in [2.75, 3.05) is 5.32 Å². The van der Waals surface area contributed by atoms with Crippen LogP contribution in [0.2, 0.25) is 0 Å². The highest BCUT2D eigenvalue weighted by Gasteiger charge is 2.06. The van der Waals surface area contributed by atoms with Crippen molar-refractivity contribution in [2.45, 2.75) is 0 Å². The van der Waals surface area contributed by atoms with Crippen molar-refractivity contribution in [1.29, 1.82) is 0 Å². The van der Waals surface area contributed by atoms with Gasteiger partial charge in [0.15, 0.2) is 0 Å². The van der Waals surface area contributed by atoms with E-state index in [2.05, 4.69) is 11.4 Å². The summed E-state index contributed by atoms with van der Waals surface area (Å²) in [5.74, 6) is 0.0682. The average Bonchev–Trinajstić information content (AvgIpc) is 2.29. The predicted molar refractivity (Wildman–Crippen MR) is 63.7 cm³/mol. The fourth-order valence-electron chi connectivity index (χ4n) is 1.57. The topological polar surface area (TPSA) is 69.6 Å². The van der Waals surface area contributed by atoms with E-state index < -0.39 is 0 Å². The highest BCUT2D eigenvalue weighted by atomic mass is 16.3. The normalized spacial score (nSPS) is 9.88. The van der Waals surface area contributed by atoms with E-state index in [-0.39, 0.29) is 11.5 Å². The summed E-state index contributed by atoms with van der Waals surface area (Å²) >= 11 is 0. The molecule has 2 aromatic carbocycles. The van der Waals surface area contributed by atoms with Crippen LogP contribution in [0.5, 0.6) is 11.5 Å². The summed E-state index contributed by atoms with van der Waals surface area (Å²) in [5, 5.41) is 21.6. The van der Waals surface area contributed by atoms with Crippen molar-refractivity contribution in [3.63, 3.8) is 0 Å². The molecule has 0 bridgehead atoms. The summed E-state index contributed by atoms with van der Waals surface area (Å²) in [7, 11) is 0. The first kappa shape index (κ1) is 11.0.